The lowest BCUT2D eigenvalue weighted by molar-refractivity contribution is -0.120. The molecule has 1 unspecified atom stereocenters. The topological polar surface area (TPSA) is 70.6 Å². The van der Waals surface area contributed by atoms with Crippen LogP contribution in [0.25, 0.3) is 0 Å². The Morgan fingerprint density at radius 1 is 1.61 bits per heavy atom. The fourth-order valence-corrected chi connectivity index (χ4v) is 1.94. The van der Waals surface area contributed by atoms with E-state index in [4.69, 9.17) is 4.74 Å². The molecule has 104 valence electrons. The average Bonchev–Trinajstić information content (AvgIpc) is 2.85. The molecule has 1 amide bonds. The molecule has 0 radical (unpaired) electrons. The van der Waals surface area contributed by atoms with Crippen LogP contribution >= 0.6 is 23.7 Å². The lowest BCUT2D eigenvalue weighted by atomic mass is 10.2. The number of carbonyl (C=O) groups is 1. The van der Waals surface area contributed by atoms with Crippen LogP contribution in [-0.4, -0.2) is 44.4 Å². The first-order valence-electron chi connectivity index (χ1n) is 5.40. The minimum atomic E-state index is -0.635. The summed E-state index contributed by atoms with van der Waals surface area (Å²) in [5, 5.41) is 19.1. The van der Waals surface area contributed by atoms with E-state index in [2.05, 4.69) is 10.6 Å². The standard InChI is InChI=1S/C11H18N2O3S.ClH/c1-16-4-3-12-7-11(15)13-6-10(14)9-2-5-17-8-9;/h2,5,8,10,12,14H,3-4,6-7H2,1H3,(H,13,15);1H. The number of thiophene rings is 1. The maximum atomic E-state index is 11.4. The predicted molar refractivity (Wildman–Crippen MR) is 74.3 cm³/mol. The van der Waals surface area contributed by atoms with Gasteiger partial charge >= 0.3 is 0 Å². The van der Waals surface area contributed by atoms with Crippen LogP contribution in [0.4, 0.5) is 0 Å². The summed E-state index contributed by atoms with van der Waals surface area (Å²) in [5.74, 6) is -0.129. The fraction of sp³-hybridized carbons (Fsp3) is 0.545. The number of aliphatic hydroxyl groups excluding tert-OH is 1. The number of carbonyl (C=O) groups excluding carboxylic acids is 1. The van der Waals surface area contributed by atoms with Gasteiger partial charge in [0.15, 0.2) is 0 Å². The van der Waals surface area contributed by atoms with E-state index in [9.17, 15) is 9.90 Å². The Balaban J connectivity index is 0.00000289. The number of hydrogen-bond acceptors (Lipinski definition) is 5. The zero-order valence-corrected chi connectivity index (χ0v) is 11.9. The Kier molecular flexibility index (Phi) is 9.90. The maximum absolute atomic E-state index is 11.4. The van der Waals surface area contributed by atoms with Gasteiger partial charge in [0.05, 0.1) is 19.3 Å². The van der Waals surface area contributed by atoms with E-state index < -0.39 is 6.10 Å². The van der Waals surface area contributed by atoms with Gasteiger partial charge in [-0.2, -0.15) is 11.3 Å². The largest absolute Gasteiger partial charge is 0.387 e. The number of methoxy groups -OCH3 is 1. The molecule has 1 rings (SSSR count). The molecular formula is C11H19ClN2O3S. The van der Waals surface area contributed by atoms with E-state index in [0.717, 1.165) is 5.56 Å². The third kappa shape index (κ3) is 6.93. The van der Waals surface area contributed by atoms with Crippen LogP contribution in [0.3, 0.4) is 0 Å². The molecule has 0 saturated heterocycles. The molecule has 1 aromatic heterocycles. The molecule has 0 aliphatic carbocycles. The molecule has 0 fully saturated rings. The van der Waals surface area contributed by atoms with Gasteiger partial charge in [-0.3, -0.25) is 4.79 Å². The number of ether oxygens (including phenoxy) is 1. The van der Waals surface area contributed by atoms with Gasteiger partial charge in [0, 0.05) is 20.2 Å². The van der Waals surface area contributed by atoms with Gasteiger partial charge in [0.2, 0.25) is 5.91 Å². The van der Waals surface area contributed by atoms with E-state index in [-0.39, 0.29) is 31.4 Å². The first-order valence-corrected chi connectivity index (χ1v) is 6.35. The molecule has 1 heterocycles. The quantitative estimate of drug-likeness (QED) is 0.613. The van der Waals surface area contributed by atoms with Crippen LogP contribution in [0.1, 0.15) is 11.7 Å². The first kappa shape index (κ1) is 17.3. The number of nitrogens with one attached hydrogen (secondary N) is 2. The summed E-state index contributed by atoms with van der Waals surface area (Å²) in [7, 11) is 1.61. The van der Waals surface area contributed by atoms with E-state index in [1.807, 2.05) is 16.8 Å². The number of amides is 1. The Hall–Kier alpha value is -0.660. The van der Waals surface area contributed by atoms with Crippen molar-refractivity contribution in [2.75, 3.05) is 33.4 Å². The van der Waals surface area contributed by atoms with Crippen molar-refractivity contribution < 1.29 is 14.6 Å². The third-order valence-electron chi connectivity index (χ3n) is 2.19. The molecule has 3 N–H and O–H groups in total. The molecule has 1 aromatic rings. The molecule has 0 saturated carbocycles. The van der Waals surface area contributed by atoms with Crippen molar-refractivity contribution in [1.29, 1.82) is 0 Å². The fourth-order valence-electron chi connectivity index (χ4n) is 1.23. The van der Waals surface area contributed by atoms with Crippen LogP contribution in [0, 0.1) is 0 Å². The Bertz CT molecular complexity index is 322. The Labute approximate surface area is 117 Å². The van der Waals surface area contributed by atoms with Crippen LogP contribution < -0.4 is 10.6 Å². The van der Waals surface area contributed by atoms with Gasteiger partial charge in [0.1, 0.15) is 0 Å². The van der Waals surface area contributed by atoms with Gasteiger partial charge in [-0.05, 0) is 22.4 Å². The van der Waals surface area contributed by atoms with Crippen molar-refractivity contribution in [2.45, 2.75) is 6.10 Å². The zero-order valence-electron chi connectivity index (χ0n) is 10.2. The van der Waals surface area contributed by atoms with E-state index >= 15 is 0 Å². The van der Waals surface area contributed by atoms with Crippen molar-refractivity contribution in [2.24, 2.45) is 0 Å². The van der Waals surface area contributed by atoms with E-state index in [0.29, 0.717) is 13.2 Å². The number of aliphatic hydroxyl groups is 1. The second-order valence-electron chi connectivity index (χ2n) is 3.55. The summed E-state index contributed by atoms with van der Waals surface area (Å²) in [4.78, 5) is 11.4. The lowest BCUT2D eigenvalue weighted by Crippen LogP contribution is -2.37. The molecule has 0 bridgehead atoms. The van der Waals surface area contributed by atoms with Crippen molar-refractivity contribution in [3.63, 3.8) is 0 Å². The van der Waals surface area contributed by atoms with Crippen LogP contribution in [-0.2, 0) is 9.53 Å². The minimum absolute atomic E-state index is 0. The van der Waals surface area contributed by atoms with Crippen molar-refractivity contribution >= 4 is 29.7 Å². The highest BCUT2D eigenvalue weighted by atomic mass is 35.5. The molecular weight excluding hydrogens is 276 g/mol. The number of rotatable bonds is 8. The second-order valence-corrected chi connectivity index (χ2v) is 4.33. The molecule has 0 aromatic carbocycles. The highest BCUT2D eigenvalue weighted by Gasteiger charge is 2.09. The maximum Gasteiger partial charge on any atom is 0.234 e. The summed E-state index contributed by atoms with van der Waals surface area (Å²) in [5.41, 5.74) is 0.836. The smallest absolute Gasteiger partial charge is 0.234 e. The first-order chi connectivity index (χ1) is 8.24. The summed E-state index contributed by atoms with van der Waals surface area (Å²) < 4.78 is 4.84. The summed E-state index contributed by atoms with van der Waals surface area (Å²) in [6, 6.07) is 1.85. The van der Waals surface area contributed by atoms with Crippen LogP contribution in [0.5, 0.6) is 0 Å². The molecule has 0 aliphatic heterocycles. The van der Waals surface area contributed by atoms with Crippen molar-refractivity contribution in [1.82, 2.24) is 10.6 Å². The predicted octanol–water partition coefficient (Wildman–Crippen LogP) is 0.556. The highest BCUT2D eigenvalue weighted by Crippen LogP contribution is 2.14. The van der Waals surface area contributed by atoms with Crippen molar-refractivity contribution in [3.05, 3.63) is 22.4 Å². The van der Waals surface area contributed by atoms with Crippen LogP contribution in [0.15, 0.2) is 16.8 Å². The van der Waals surface area contributed by atoms with Gasteiger partial charge in [0.25, 0.3) is 0 Å². The Morgan fingerprint density at radius 3 is 3.00 bits per heavy atom. The molecule has 1 atom stereocenters. The van der Waals surface area contributed by atoms with Gasteiger partial charge < -0.3 is 20.5 Å². The zero-order chi connectivity index (χ0) is 12.5. The summed E-state index contributed by atoms with van der Waals surface area (Å²) in [6.07, 6.45) is -0.635. The minimum Gasteiger partial charge on any atom is -0.387 e. The van der Waals surface area contributed by atoms with Gasteiger partial charge in [-0.15, -0.1) is 12.4 Å². The van der Waals surface area contributed by atoms with E-state index in [1.54, 1.807) is 7.11 Å². The molecule has 0 spiro atoms. The average molecular weight is 295 g/mol. The summed E-state index contributed by atoms with van der Waals surface area (Å²) >= 11 is 1.52. The highest BCUT2D eigenvalue weighted by molar-refractivity contribution is 7.07. The van der Waals surface area contributed by atoms with Gasteiger partial charge in [-0.25, -0.2) is 0 Å². The van der Waals surface area contributed by atoms with Crippen LogP contribution in [0.2, 0.25) is 0 Å². The SMILES string of the molecule is COCCNCC(=O)NCC(O)c1ccsc1.Cl. The second kappa shape index (κ2) is 10.3. The monoisotopic (exact) mass is 294 g/mol. The number of halogens is 1. The lowest BCUT2D eigenvalue weighted by Gasteiger charge is -2.10. The van der Waals surface area contributed by atoms with E-state index in [1.165, 1.54) is 11.3 Å². The third-order valence-corrected chi connectivity index (χ3v) is 2.89. The Morgan fingerprint density at radius 2 is 2.39 bits per heavy atom. The normalized spacial score (nSPS) is 11.7. The molecule has 5 nitrogen and oxygen atoms in total. The van der Waals surface area contributed by atoms with Crippen molar-refractivity contribution in [3.8, 4) is 0 Å². The summed E-state index contributed by atoms with van der Waals surface area (Å²) in [6.45, 7) is 1.68. The number of hydrogen-bond donors (Lipinski definition) is 3. The molecule has 0 aliphatic rings. The molecule has 18 heavy (non-hydrogen) atoms. The van der Waals surface area contributed by atoms with Gasteiger partial charge in [-0.1, -0.05) is 0 Å². The molecule has 7 heteroatoms.